The number of carboxylic acids is 1. The molecule has 4 unspecified atom stereocenters. The first kappa shape index (κ1) is 112. The minimum absolute atomic E-state index is 0. The van der Waals surface area contributed by atoms with Crippen LogP contribution >= 0.6 is 70.4 Å². The van der Waals surface area contributed by atoms with Gasteiger partial charge in [-0.05, 0) is 287 Å². The molecule has 1 aliphatic carbocycles. The summed E-state index contributed by atoms with van der Waals surface area (Å²) in [6, 6.07) is 45.5. The van der Waals surface area contributed by atoms with E-state index in [1.54, 1.807) is 131 Å². The van der Waals surface area contributed by atoms with E-state index in [1.165, 1.54) is 44.2 Å². The van der Waals surface area contributed by atoms with Gasteiger partial charge in [0.25, 0.3) is 17.7 Å². The van der Waals surface area contributed by atoms with Gasteiger partial charge in [-0.1, -0.05) is 180 Å². The van der Waals surface area contributed by atoms with Crippen molar-refractivity contribution >= 4 is 118 Å². The molecule has 26 heteroatoms. The standard InChI is InChI=1S/C24H29ClN2O3.C22H33ClN2O3.C18H26ClNO.C15H30N2O2.2C7H5ClO2.3CH4.ClH/c1-17(2)16-22(26-23(28)19-8-10-20(25)11-9-19)18-12-14-27(15-13-18)24(29)30-21-6-4-3-5-7-21;1-15(2)14-19(24-20(26)17-6-8-18(23)9-7-17)16-10-12-25(13-11-16)21(27)28-22(3,4)5;1-13(2)12-17(14-6-4-3-5-7-14)20-18(21)15-8-10-16(19)11-9-15;1-11(2)10-13(16)12-6-8-17(9-7-12)14(18)19-15(3,4)5;8-6-3-1-5(2-4-6)7(9)10;8-7(9)10-6-4-2-1-3-5-6;;;;/h3-11,17-18,22H,12-16H2,1-2H3,(H,26,28);6-9,15-16,19H,10-14H2,1-5H3,(H,24,26);8-11,13-14,17H,3-7,12H2,1-2H3,(H,20,21);11-13H,6-10,16H2,1-5H3;1-4H,(H,9,10);1-5H;3*1H4;1H. The van der Waals surface area contributed by atoms with Crippen LogP contribution in [0.1, 0.15) is 257 Å². The van der Waals surface area contributed by atoms with Gasteiger partial charge in [0, 0.05) is 112 Å². The number of piperidine rings is 3. The first-order chi connectivity index (χ1) is 55.7. The number of carbonyl (C=O) groups excluding carboxylic acids is 7. The van der Waals surface area contributed by atoms with Crippen LogP contribution in [0.5, 0.6) is 11.5 Å². The van der Waals surface area contributed by atoms with Crippen molar-refractivity contribution in [3.05, 3.63) is 200 Å². The Kier molecular flexibility index (Phi) is 53.0. The predicted octanol–water partition coefficient (Wildman–Crippen LogP) is 25.4. The first-order valence-corrected chi connectivity index (χ1v) is 43.4. The average molecular weight is 1810 g/mol. The number of nitrogens with one attached hydrogen (secondary N) is 3. The molecule has 4 atom stereocenters. The van der Waals surface area contributed by atoms with Gasteiger partial charge < -0.3 is 60.4 Å². The first-order valence-electron chi connectivity index (χ1n) is 41.5. The van der Waals surface area contributed by atoms with Gasteiger partial charge in [-0.25, -0.2) is 24.0 Å². The van der Waals surface area contributed by atoms with E-state index in [9.17, 15) is 38.4 Å². The van der Waals surface area contributed by atoms with Crippen molar-refractivity contribution in [3.8, 4) is 11.5 Å². The second-order valence-electron chi connectivity index (χ2n) is 34.4. The topological polar surface area (TPSA) is 266 Å². The number of para-hydroxylation sites is 2. The molecule has 4 aliphatic rings. The third kappa shape index (κ3) is 44.7. The van der Waals surface area contributed by atoms with Crippen LogP contribution in [0.15, 0.2) is 158 Å². The van der Waals surface area contributed by atoms with Crippen LogP contribution in [0.4, 0.5) is 19.2 Å². The number of nitrogens with zero attached hydrogens (tertiary/aromatic N) is 3. The number of halogens is 6. The molecule has 0 aromatic heterocycles. The van der Waals surface area contributed by atoms with E-state index in [2.05, 4.69) is 76.1 Å². The van der Waals surface area contributed by atoms with Crippen LogP contribution < -0.4 is 31.2 Å². The highest BCUT2D eigenvalue weighted by molar-refractivity contribution is 6.61. The molecule has 10 rings (SSSR count). The summed E-state index contributed by atoms with van der Waals surface area (Å²) in [6.45, 7) is 32.9. The zero-order valence-electron chi connectivity index (χ0n) is 71.9. The molecule has 1 saturated carbocycles. The number of amides is 6. The molecule has 0 spiro atoms. The van der Waals surface area contributed by atoms with E-state index in [4.69, 9.17) is 83.1 Å². The Morgan fingerprint density at radius 3 is 0.918 bits per heavy atom. The summed E-state index contributed by atoms with van der Waals surface area (Å²) in [5, 5.41) is 20.6. The fraction of sp³-hybridized carbons (Fsp3) is 0.542. The molecule has 4 fully saturated rings. The van der Waals surface area contributed by atoms with Crippen LogP contribution in [0, 0.1) is 47.3 Å². The summed E-state index contributed by atoms with van der Waals surface area (Å²) in [5.41, 5.74) is 6.70. The molecule has 122 heavy (non-hydrogen) atoms. The van der Waals surface area contributed by atoms with Crippen molar-refractivity contribution < 1.29 is 62.4 Å². The number of nitrogens with two attached hydrogens (primary N) is 1. The second kappa shape index (κ2) is 57.7. The second-order valence-corrected chi connectivity index (χ2v) is 36.5. The van der Waals surface area contributed by atoms with Gasteiger partial charge >= 0.3 is 29.7 Å². The molecule has 6 amide bonds. The molecule has 0 bridgehead atoms. The molecule has 6 aromatic carbocycles. The number of hydrogen-bond acceptors (Lipinski definition) is 13. The summed E-state index contributed by atoms with van der Waals surface area (Å²) in [5.74, 6) is 3.97. The van der Waals surface area contributed by atoms with E-state index < -0.39 is 22.6 Å². The maximum Gasteiger partial charge on any atom is 0.415 e. The number of benzene rings is 6. The monoisotopic (exact) mass is 1810 g/mol. The Labute approximate surface area is 760 Å². The van der Waals surface area contributed by atoms with E-state index in [0.29, 0.717) is 128 Å². The molecular formula is C96H141Cl6N7O13. The van der Waals surface area contributed by atoms with Crippen LogP contribution in [0.25, 0.3) is 0 Å². The third-order valence-electron chi connectivity index (χ3n) is 20.3. The number of carboxylic acid groups (broad SMARTS) is 1. The van der Waals surface area contributed by atoms with E-state index in [-0.39, 0.29) is 94.4 Å². The third-order valence-corrected chi connectivity index (χ3v) is 21.4. The molecule has 680 valence electrons. The Morgan fingerprint density at radius 2 is 0.648 bits per heavy atom. The largest absolute Gasteiger partial charge is 0.478 e. The lowest BCUT2D eigenvalue weighted by Crippen LogP contribution is -2.48. The highest BCUT2D eigenvalue weighted by Crippen LogP contribution is 2.32. The number of rotatable bonds is 21. The van der Waals surface area contributed by atoms with Gasteiger partial charge in [0.1, 0.15) is 22.7 Å². The summed E-state index contributed by atoms with van der Waals surface area (Å²) in [4.78, 5) is 100. The Balaban J connectivity index is 0.000000755. The van der Waals surface area contributed by atoms with Gasteiger partial charge in [0.15, 0.2) is 0 Å². The number of aromatic carboxylic acids is 1. The quantitative estimate of drug-likeness (QED) is 0.0420. The molecule has 3 heterocycles. The number of carbonyl (C=O) groups is 8. The number of ether oxygens (including phenoxy) is 4. The zero-order valence-corrected chi connectivity index (χ0v) is 76.4. The lowest BCUT2D eigenvalue weighted by molar-refractivity contribution is 0.0158. The Morgan fingerprint density at radius 1 is 0.385 bits per heavy atom. The van der Waals surface area contributed by atoms with Gasteiger partial charge in [-0.2, -0.15) is 0 Å². The molecule has 3 saturated heterocycles. The summed E-state index contributed by atoms with van der Waals surface area (Å²) < 4.78 is 20.9. The minimum atomic E-state index is -0.934. The van der Waals surface area contributed by atoms with Gasteiger partial charge in [-0.15, -0.1) is 12.4 Å². The summed E-state index contributed by atoms with van der Waals surface area (Å²) in [7, 11) is 0. The number of hydrogen-bond donors (Lipinski definition) is 5. The lowest BCUT2D eigenvalue weighted by atomic mass is 9.81. The van der Waals surface area contributed by atoms with Crippen molar-refractivity contribution in [2.45, 2.75) is 251 Å². The van der Waals surface area contributed by atoms with E-state index in [0.717, 1.165) is 77.3 Å². The lowest BCUT2D eigenvalue weighted by Gasteiger charge is -2.37. The van der Waals surface area contributed by atoms with Gasteiger partial charge in [0.2, 0.25) is 0 Å². The van der Waals surface area contributed by atoms with Crippen LogP contribution in [0.2, 0.25) is 20.1 Å². The van der Waals surface area contributed by atoms with Crippen LogP contribution in [-0.2, 0) is 9.47 Å². The van der Waals surface area contributed by atoms with Crippen molar-refractivity contribution in [1.29, 1.82) is 0 Å². The summed E-state index contributed by atoms with van der Waals surface area (Å²) >= 11 is 28.2. The van der Waals surface area contributed by atoms with Crippen LogP contribution in [-0.4, -0.2) is 142 Å². The average Bonchev–Trinajstić information content (AvgIpc) is 0.810. The zero-order chi connectivity index (χ0) is 87.2. The van der Waals surface area contributed by atoms with Gasteiger partial charge in [-0.3, -0.25) is 14.4 Å². The SMILES string of the molecule is C.C.C.CC(C)CC(N)C1CCN(C(=O)OC(C)(C)C)CC1.CC(C)CC(NC(=O)c1ccc(Cl)cc1)C1CCCCC1.CC(C)CC(NC(=O)c1ccc(Cl)cc1)C1CCN(C(=O)OC(C)(C)C)CC1.CC(C)CC(NC(=O)c1ccc(Cl)cc1)C1CCN(C(=O)Oc2ccccc2)CC1.Cl.O=C(Cl)Oc1ccccc1.O=C(O)c1ccc(Cl)cc1. The van der Waals surface area contributed by atoms with E-state index in [1.807, 2.05) is 70.7 Å². The maximum atomic E-state index is 12.7. The molecule has 6 N–H and O–H groups in total. The fourth-order valence-electron chi connectivity index (χ4n) is 14.4. The fourth-order valence-corrected chi connectivity index (χ4v) is 15.0. The normalized spacial score (nSPS) is 15.3. The molecule has 3 aliphatic heterocycles. The van der Waals surface area contributed by atoms with Gasteiger partial charge in [0.05, 0.1) is 5.56 Å². The summed E-state index contributed by atoms with van der Waals surface area (Å²) in [6.07, 6.45) is 15.0. The predicted molar refractivity (Wildman–Crippen MR) is 502 cm³/mol. The molecular weight excluding hydrogens is 1670 g/mol. The minimum Gasteiger partial charge on any atom is -0.478 e. The van der Waals surface area contributed by atoms with Crippen LogP contribution in [0.3, 0.4) is 0 Å². The Hall–Kier alpha value is -7.82. The number of likely N-dealkylation sites (tertiary alicyclic amines) is 3. The Bertz CT molecular complexity index is 3970. The highest BCUT2D eigenvalue weighted by Gasteiger charge is 2.35. The van der Waals surface area contributed by atoms with Crippen molar-refractivity contribution in [2.24, 2.45) is 53.1 Å². The van der Waals surface area contributed by atoms with Crippen molar-refractivity contribution in [2.75, 3.05) is 39.3 Å². The molecule has 20 nitrogen and oxygen atoms in total. The van der Waals surface area contributed by atoms with Crippen molar-refractivity contribution in [3.63, 3.8) is 0 Å². The van der Waals surface area contributed by atoms with E-state index >= 15 is 0 Å². The smallest absolute Gasteiger partial charge is 0.415 e. The maximum absolute atomic E-state index is 12.7. The van der Waals surface area contributed by atoms with Crippen molar-refractivity contribution in [1.82, 2.24) is 30.7 Å². The molecule has 0 radical (unpaired) electrons. The highest BCUT2D eigenvalue weighted by atomic mass is 35.5. The molecule has 6 aromatic rings.